The van der Waals surface area contributed by atoms with Gasteiger partial charge in [0.2, 0.25) is 15.0 Å². The van der Waals surface area contributed by atoms with Crippen LogP contribution in [0, 0.1) is 18.3 Å². The first-order chi connectivity index (χ1) is 11.6. The van der Waals surface area contributed by atoms with Gasteiger partial charge in [-0.25, -0.2) is 13.1 Å². The lowest BCUT2D eigenvalue weighted by Crippen LogP contribution is -2.48. The highest BCUT2D eigenvalue weighted by molar-refractivity contribution is 7.90. The molecule has 0 aromatic heterocycles. The molecule has 0 radical (unpaired) electrons. The first kappa shape index (κ1) is 17.0. The molecule has 1 saturated carbocycles. The number of terminal acetylenes is 1. The number of ether oxygens (including phenoxy) is 1. The summed E-state index contributed by atoms with van der Waals surface area (Å²) in [5, 5.41) is 0. The van der Waals surface area contributed by atoms with Crippen LogP contribution in [0.15, 0.2) is 48.6 Å². The van der Waals surface area contributed by atoms with E-state index in [1.165, 1.54) is 0 Å². The molecule has 24 heavy (non-hydrogen) atoms. The fourth-order valence-corrected chi connectivity index (χ4v) is 4.13. The summed E-state index contributed by atoms with van der Waals surface area (Å²) in [7, 11) is -3.68. The Morgan fingerprint density at radius 2 is 2.04 bits per heavy atom. The predicted molar refractivity (Wildman–Crippen MR) is 95.3 cm³/mol. The smallest absolute Gasteiger partial charge is 0.245 e. The Hall–Kier alpha value is -1.87. The molecule has 1 aromatic carbocycles. The molecule has 0 aliphatic heterocycles. The van der Waals surface area contributed by atoms with E-state index in [1.54, 1.807) is 12.2 Å². The number of nitrogens with one attached hydrogen (secondary N) is 1. The maximum absolute atomic E-state index is 12.8. The maximum atomic E-state index is 12.8. The average molecular weight is 343 g/mol. The summed E-state index contributed by atoms with van der Waals surface area (Å²) in [6.07, 6.45) is 13.0. The van der Waals surface area contributed by atoms with Gasteiger partial charge < -0.3 is 4.74 Å². The second-order valence-corrected chi connectivity index (χ2v) is 8.15. The molecular formula is C19H21NO3S. The van der Waals surface area contributed by atoms with E-state index in [0.29, 0.717) is 12.5 Å². The van der Waals surface area contributed by atoms with E-state index in [1.807, 2.05) is 36.4 Å². The van der Waals surface area contributed by atoms with Crippen LogP contribution >= 0.6 is 0 Å². The molecule has 1 unspecified atom stereocenters. The van der Waals surface area contributed by atoms with Gasteiger partial charge in [-0.05, 0) is 36.0 Å². The van der Waals surface area contributed by atoms with E-state index in [9.17, 15) is 8.42 Å². The van der Waals surface area contributed by atoms with Crippen LogP contribution in [0.25, 0.3) is 5.57 Å². The van der Waals surface area contributed by atoms with Gasteiger partial charge in [-0.15, -0.1) is 6.42 Å². The molecule has 1 fully saturated rings. The monoisotopic (exact) mass is 343 g/mol. The van der Waals surface area contributed by atoms with Crippen molar-refractivity contribution >= 4 is 15.6 Å². The highest BCUT2D eigenvalue weighted by atomic mass is 32.2. The first-order valence-corrected chi connectivity index (χ1v) is 9.56. The summed E-state index contributed by atoms with van der Waals surface area (Å²) in [5.41, 5.74) is 2.02. The fourth-order valence-electron chi connectivity index (χ4n) is 2.67. The van der Waals surface area contributed by atoms with E-state index in [4.69, 9.17) is 11.2 Å². The second-order valence-electron chi connectivity index (χ2n) is 6.16. The predicted octanol–water partition coefficient (Wildman–Crippen LogP) is 2.71. The molecule has 0 saturated heterocycles. The molecule has 126 valence electrons. The normalized spacial score (nSPS) is 23.5. The van der Waals surface area contributed by atoms with Crippen molar-refractivity contribution in [3.63, 3.8) is 0 Å². The number of sulfonamides is 1. The van der Waals surface area contributed by atoms with E-state index < -0.39 is 15.0 Å². The zero-order valence-corrected chi connectivity index (χ0v) is 14.3. The molecule has 0 heterocycles. The molecule has 5 heteroatoms. The van der Waals surface area contributed by atoms with Gasteiger partial charge in [0.25, 0.3) is 0 Å². The summed E-state index contributed by atoms with van der Waals surface area (Å²) in [6.45, 7) is 0.412. The van der Waals surface area contributed by atoms with Crippen LogP contribution in [-0.2, 0) is 14.8 Å². The Morgan fingerprint density at radius 3 is 2.62 bits per heavy atom. The van der Waals surface area contributed by atoms with Gasteiger partial charge in [0.1, 0.15) is 6.61 Å². The van der Waals surface area contributed by atoms with Crippen molar-refractivity contribution in [3.05, 3.63) is 54.1 Å². The Kier molecular flexibility index (Phi) is 4.91. The topological polar surface area (TPSA) is 55.4 Å². The molecule has 0 bridgehead atoms. The number of hydrogen-bond acceptors (Lipinski definition) is 3. The fraction of sp³-hybridized carbons (Fsp3) is 0.368. The molecule has 1 atom stereocenters. The molecule has 0 amide bonds. The molecule has 2 aliphatic rings. The van der Waals surface area contributed by atoms with Crippen molar-refractivity contribution in [2.24, 2.45) is 5.92 Å². The summed E-state index contributed by atoms with van der Waals surface area (Å²) < 4.78 is 33.9. The van der Waals surface area contributed by atoms with Gasteiger partial charge in [0.15, 0.2) is 0 Å². The summed E-state index contributed by atoms with van der Waals surface area (Å²) in [5.74, 6) is 2.81. The third kappa shape index (κ3) is 3.62. The van der Waals surface area contributed by atoms with Crippen molar-refractivity contribution in [2.75, 3.05) is 13.2 Å². The molecular weight excluding hydrogens is 322 g/mol. The Morgan fingerprint density at radius 1 is 1.29 bits per heavy atom. The quantitative estimate of drug-likeness (QED) is 0.775. The van der Waals surface area contributed by atoms with E-state index in [-0.39, 0.29) is 13.0 Å². The third-order valence-electron chi connectivity index (χ3n) is 4.34. The Bertz CT molecular complexity index is 786. The zero-order chi connectivity index (χ0) is 17.0. The lowest BCUT2D eigenvalue weighted by molar-refractivity contribution is 0.0770. The Balaban J connectivity index is 1.82. The van der Waals surface area contributed by atoms with E-state index >= 15 is 0 Å². The molecule has 1 N–H and O–H groups in total. The lowest BCUT2D eigenvalue weighted by Gasteiger charge is -2.31. The van der Waals surface area contributed by atoms with Crippen LogP contribution in [0.5, 0.6) is 0 Å². The maximum Gasteiger partial charge on any atom is 0.245 e. The van der Waals surface area contributed by atoms with Crippen molar-refractivity contribution in [1.29, 1.82) is 0 Å². The van der Waals surface area contributed by atoms with Crippen LogP contribution in [-0.4, -0.2) is 26.5 Å². The SMILES string of the molecule is C#CCOC1(S(=O)(=O)NCC2CC2)C=CC(c2ccccc2)=CC1. The highest BCUT2D eigenvalue weighted by Gasteiger charge is 2.43. The van der Waals surface area contributed by atoms with Gasteiger partial charge in [-0.3, -0.25) is 0 Å². The third-order valence-corrected chi connectivity index (χ3v) is 6.22. The van der Waals surface area contributed by atoms with Crippen LogP contribution in [0.1, 0.15) is 24.8 Å². The number of rotatable bonds is 7. The van der Waals surface area contributed by atoms with Crippen molar-refractivity contribution < 1.29 is 13.2 Å². The van der Waals surface area contributed by atoms with Crippen molar-refractivity contribution in [1.82, 2.24) is 4.72 Å². The summed E-state index contributed by atoms with van der Waals surface area (Å²) in [4.78, 5) is -1.44. The Labute approximate surface area is 143 Å². The van der Waals surface area contributed by atoms with Crippen LogP contribution in [0.4, 0.5) is 0 Å². The lowest BCUT2D eigenvalue weighted by atomic mass is 9.98. The number of benzene rings is 1. The minimum Gasteiger partial charge on any atom is -0.341 e. The average Bonchev–Trinajstić information content (AvgIpc) is 3.44. The van der Waals surface area contributed by atoms with Crippen molar-refractivity contribution in [3.8, 4) is 12.3 Å². The van der Waals surface area contributed by atoms with Crippen LogP contribution in [0.2, 0.25) is 0 Å². The van der Waals surface area contributed by atoms with E-state index in [2.05, 4.69) is 10.6 Å². The number of hydrogen-bond donors (Lipinski definition) is 1. The largest absolute Gasteiger partial charge is 0.341 e. The van der Waals surface area contributed by atoms with Gasteiger partial charge in [0.05, 0.1) is 0 Å². The molecule has 3 rings (SSSR count). The number of allylic oxidation sites excluding steroid dienone is 2. The highest BCUT2D eigenvalue weighted by Crippen LogP contribution is 2.34. The van der Waals surface area contributed by atoms with Gasteiger partial charge in [0, 0.05) is 13.0 Å². The van der Waals surface area contributed by atoms with Crippen LogP contribution < -0.4 is 4.72 Å². The minimum atomic E-state index is -3.68. The zero-order valence-electron chi connectivity index (χ0n) is 13.4. The van der Waals surface area contributed by atoms with Gasteiger partial charge in [-0.1, -0.05) is 48.4 Å². The van der Waals surface area contributed by atoms with E-state index in [0.717, 1.165) is 24.0 Å². The summed E-state index contributed by atoms with van der Waals surface area (Å²) in [6, 6.07) is 9.84. The summed E-state index contributed by atoms with van der Waals surface area (Å²) >= 11 is 0. The van der Waals surface area contributed by atoms with Crippen LogP contribution in [0.3, 0.4) is 0 Å². The molecule has 2 aliphatic carbocycles. The molecule has 4 nitrogen and oxygen atoms in total. The first-order valence-electron chi connectivity index (χ1n) is 8.08. The standard InChI is InChI=1S/C19H21NO3S/c1-2-14-23-19(24(21,22)20-15-16-8-9-16)12-10-18(11-13-19)17-6-4-3-5-7-17/h1,3-7,10-12,16,20H,8-9,13-15H2. The van der Waals surface area contributed by atoms with Gasteiger partial charge in [-0.2, -0.15) is 0 Å². The van der Waals surface area contributed by atoms with Crippen molar-refractivity contribution in [2.45, 2.75) is 24.2 Å². The molecule has 1 aromatic rings. The van der Waals surface area contributed by atoms with Gasteiger partial charge >= 0.3 is 0 Å². The second kappa shape index (κ2) is 6.94. The minimum absolute atomic E-state index is 0.0524. The molecule has 0 spiro atoms.